The number of hydrogen-bond donors (Lipinski definition) is 3. The lowest BCUT2D eigenvalue weighted by atomic mass is 9.32. The van der Waals surface area contributed by atoms with E-state index in [0.717, 1.165) is 31.3 Å². The van der Waals surface area contributed by atoms with Gasteiger partial charge in [0.2, 0.25) is 0 Å². The average Bonchev–Trinajstić information content (AvgIpc) is 3.06. The maximum Gasteiger partial charge on any atom is 0.333 e. The van der Waals surface area contributed by atoms with E-state index >= 15 is 0 Å². The van der Waals surface area contributed by atoms with E-state index in [2.05, 4.69) is 40.7 Å². The van der Waals surface area contributed by atoms with Gasteiger partial charge in [0, 0.05) is 28.9 Å². The van der Waals surface area contributed by atoms with Gasteiger partial charge in [0.25, 0.3) is 0 Å². The number of esters is 3. The lowest BCUT2D eigenvalue weighted by Crippen LogP contribution is -2.77. The number of fused-ring (bicyclic) bond motifs is 7. The molecule has 5 aliphatic carbocycles. The summed E-state index contributed by atoms with van der Waals surface area (Å²) in [5.41, 5.74) is -2.30. The molecule has 286 valence electrons. The van der Waals surface area contributed by atoms with Crippen molar-refractivity contribution in [2.45, 2.75) is 152 Å². The zero-order chi connectivity index (χ0) is 38.3. The molecule has 0 aliphatic heterocycles. The maximum absolute atomic E-state index is 13.7. The number of aliphatic hydroxyl groups is 3. The number of rotatable bonds is 6. The van der Waals surface area contributed by atoms with Crippen molar-refractivity contribution in [2.24, 2.45) is 50.2 Å². The SMILES string of the molecule is C/C=C(/C)C(=O)O[C@H]1[C@H](OC(=O)/C(C)=C\C)[C@]2(CO)[C@H](OC(C)=O)[C@H](O)[C@]3(C)C(=CC[C@@H]4[C@@]5(C)CC[C@H](O)C(C)(C)[C@@H]5CC[C@]43C)[C@@H]2CC1(C)C. The molecule has 0 saturated heterocycles. The van der Waals surface area contributed by atoms with Crippen LogP contribution in [0.2, 0.25) is 0 Å². The quantitative estimate of drug-likeness (QED) is 0.120. The summed E-state index contributed by atoms with van der Waals surface area (Å²) >= 11 is 0. The highest BCUT2D eigenvalue weighted by atomic mass is 16.6. The number of aliphatic hydroxyl groups excluding tert-OH is 3. The zero-order valence-corrected chi connectivity index (χ0v) is 33.1. The highest BCUT2D eigenvalue weighted by Gasteiger charge is 2.77. The summed E-state index contributed by atoms with van der Waals surface area (Å²) in [6.07, 6.45) is 4.75. The van der Waals surface area contributed by atoms with Crippen LogP contribution >= 0.6 is 0 Å². The standard InChI is InChI=1S/C42H64O9/c1-13-23(3)35(47)50-33-34(51-36(48)24(4)14-2)42(22-43)27(21-37(33,6)7)26-15-16-29-39(10)19-18-30(45)38(8,9)28(39)17-20-40(29,11)41(26,12)31(46)32(42)49-25(5)44/h13-15,27-34,43,45-46H,16-22H2,1-12H3/b23-13-,24-14-/t27-,28-,29+,30-,31-,32+,33-,34-,39-,40+,41-,42-/m0/s1. The molecule has 51 heavy (non-hydrogen) atoms. The summed E-state index contributed by atoms with van der Waals surface area (Å²) in [5.74, 6) is -1.89. The second-order valence-electron chi connectivity index (χ2n) is 18.6. The molecule has 0 aromatic heterocycles. The van der Waals surface area contributed by atoms with Crippen molar-refractivity contribution in [3.63, 3.8) is 0 Å². The molecule has 0 amide bonds. The molecule has 0 aromatic carbocycles. The minimum absolute atomic E-state index is 0.110. The monoisotopic (exact) mass is 712 g/mol. The van der Waals surface area contributed by atoms with Gasteiger partial charge in [-0.1, -0.05) is 72.3 Å². The first-order valence-electron chi connectivity index (χ1n) is 19.1. The minimum Gasteiger partial charge on any atom is -0.459 e. The van der Waals surface area contributed by atoms with Crippen LogP contribution in [-0.4, -0.2) is 70.4 Å². The van der Waals surface area contributed by atoms with Crippen molar-refractivity contribution in [3.05, 3.63) is 34.9 Å². The van der Waals surface area contributed by atoms with Gasteiger partial charge in [-0.25, -0.2) is 9.59 Å². The third-order valence-corrected chi connectivity index (χ3v) is 15.7. The number of carbonyl (C=O) groups excluding carboxylic acids is 3. The predicted molar refractivity (Wildman–Crippen MR) is 194 cm³/mol. The highest BCUT2D eigenvalue weighted by Crippen LogP contribution is 2.76. The topological polar surface area (TPSA) is 140 Å². The predicted octanol–water partition coefficient (Wildman–Crippen LogP) is 6.63. The van der Waals surface area contributed by atoms with E-state index in [1.807, 2.05) is 13.8 Å². The molecule has 0 radical (unpaired) electrons. The molecule has 12 atom stereocenters. The van der Waals surface area contributed by atoms with Crippen molar-refractivity contribution in [2.75, 3.05) is 6.61 Å². The van der Waals surface area contributed by atoms with E-state index in [-0.39, 0.29) is 28.8 Å². The lowest BCUT2D eigenvalue weighted by Gasteiger charge is -2.73. The van der Waals surface area contributed by atoms with Gasteiger partial charge in [0.1, 0.15) is 18.3 Å². The van der Waals surface area contributed by atoms with Gasteiger partial charge in [-0.15, -0.1) is 0 Å². The van der Waals surface area contributed by atoms with Crippen LogP contribution in [0.3, 0.4) is 0 Å². The number of allylic oxidation sites excluding steroid dienone is 3. The van der Waals surface area contributed by atoms with Gasteiger partial charge >= 0.3 is 17.9 Å². The Morgan fingerprint density at radius 1 is 0.804 bits per heavy atom. The van der Waals surface area contributed by atoms with E-state index in [4.69, 9.17) is 14.2 Å². The molecule has 0 bridgehead atoms. The molecule has 0 spiro atoms. The molecule has 0 aromatic rings. The van der Waals surface area contributed by atoms with Crippen LogP contribution < -0.4 is 0 Å². The van der Waals surface area contributed by atoms with E-state index in [1.165, 1.54) is 6.92 Å². The largest absolute Gasteiger partial charge is 0.459 e. The van der Waals surface area contributed by atoms with Crippen LogP contribution in [0.5, 0.6) is 0 Å². The second kappa shape index (κ2) is 13.1. The Labute approximate surface area is 305 Å². The third kappa shape index (κ3) is 5.52. The summed E-state index contributed by atoms with van der Waals surface area (Å²) in [6, 6.07) is 0. The van der Waals surface area contributed by atoms with E-state index < -0.39 is 76.5 Å². The Kier molecular flexibility index (Phi) is 10.2. The first-order chi connectivity index (χ1) is 23.6. The summed E-state index contributed by atoms with van der Waals surface area (Å²) in [5, 5.41) is 35.9. The zero-order valence-electron chi connectivity index (χ0n) is 33.1. The van der Waals surface area contributed by atoms with Crippen molar-refractivity contribution >= 4 is 17.9 Å². The summed E-state index contributed by atoms with van der Waals surface area (Å²) in [7, 11) is 0. The Morgan fingerprint density at radius 2 is 1.37 bits per heavy atom. The van der Waals surface area contributed by atoms with Crippen LogP contribution in [0.4, 0.5) is 0 Å². The smallest absolute Gasteiger partial charge is 0.333 e. The normalized spacial score (nSPS) is 44.4. The Morgan fingerprint density at radius 3 is 1.90 bits per heavy atom. The van der Waals surface area contributed by atoms with Gasteiger partial charge in [-0.2, -0.15) is 0 Å². The van der Waals surface area contributed by atoms with E-state index in [9.17, 15) is 29.7 Å². The Balaban J connectivity index is 1.76. The molecule has 3 N–H and O–H groups in total. The van der Waals surface area contributed by atoms with Gasteiger partial charge in [0.15, 0.2) is 6.10 Å². The van der Waals surface area contributed by atoms with Crippen molar-refractivity contribution in [1.82, 2.24) is 0 Å². The summed E-state index contributed by atoms with van der Waals surface area (Å²) in [4.78, 5) is 40.3. The van der Waals surface area contributed by atoms with Gasteiger partial charge in [-0.3, -0.25) is 4.79 Å². The molecular weight excluding hydrogens is 648 g/mol. The van der Waals surface area contributed by atoms with Crippen molar-refractivity contribution in [1.29, 1.82) is 0 Å². The van der Waals surface area contributed by atoms with Gasteiger partial charge < -0.3 is 29.5 Å². The fourth-order valence-electron chi connectivity index (χ4n) is 12.3. The Bertz CT molecular complexity index is 1520. The van der Waals surface area contributed by atoms with Crippen LogP contribution in [0.15, 0.2) is 34.9 Å². The minimum atomic E-state index is -1.54. The molecule has 9 nitrogen and oxygen atoms in total. The summed E-state index contributed by atoms with van der Waals surface area (Å²) < 4.78 is 18.8. The van der Waals surface area contributed by atoms with Crippen LogP contribution in [0, 0.1) is 50.2 Å². The maximum atomic E-state index is 13.7. The fraction of sp³-hybridized carbons (Fsp3) is 0.786. The molecule has 4 fully saturated rings. The molecule has 4 saturated carbocycles. The fourth-order valence-corrected chi connectivity index (χ4v) is 12.3. The molecule has 5 rings (SSSR count). The first-order valence-corrected chi connectivity index (χ1v) is 19.1. The number of hydrogen-bond acceptors (Lipinski definition) is 9. The molecule has 0 heterocycles. The molecule has 0 unspecified atom stereocenters. The Hall–Kier alpha value is -2.49. The number of ether oxygens (including phenoxy) is 3. The van der Waals surface area contributed by atoms with Crippen LogP contribution in [0.1, 0.15) is 122 Å². The summed E-state index contributed by atoms with van der Waals surface area (Å²) in [6.45, 7) is 22.6. The lowest BCUT2D eigenvalue weighted by molar-refractivity contribution is -0.295. The average molecular weight is 713 g/mol. The van der Waals surface area contributed by atoms with Gasteiger partial charge in [0.05, 0.1) is 18.1 Å². The molecular formula is C42H64O9. The first kappa shape index (κ1) is 39.7. The van der Waals surface area contributed by atoms with Gasteiger partial charge in [-0.05, 0) is 100 Å². The van der Waals surface area contributed by atoms with E-state index in [1.54, 1.807) is 39.8 Å². The van der Waals surface area contributed by atoms with Crippen molar-refractivity contribution in [3.8, 4) is 0 Å². The third-order valence-electron chi connectivity index (χ3n) is 15.7. The van der Waals surface area contributed by atoms with Crippen molar-refractivity contribution < 1.29 is 43.9 Å². The van der Waals surface area contributed by atoms with Crippen LogP contribution in [0.25, 0.3) is 0 Å². The molecule has 9 heteroatoms. The second-order valence-corrected chi connectivity index (χ2v) is 18.6. The highest BCUT2D eigenvalue weighted by molar-refractivity contribution is 5.89. The van der Waals surface area contributed by atoms with E-state index in [0.29, 0.717) is 24.0 Å². The van der Waals surface area contributed by atoms with Crippen LogP contribution in [-0.2, 0) is 28.6 Å². The molecule has 5 aliphatic rings. The number of carbonyl (C=O) groups is 3.